The van der Waals surface area contributed by atoms with Gasteiger partial charge in [-0.2, -0.15) is 0 Å². The summed E-state index contributed by atoms with van der Waals surface area (Å²) in [6.45, 7) is 7.89. The predicted molar refractivity (Wildman–Crippen MR) is 79.4 cm³/mol. The lowest BCUT2D eigenvalue weighted by molar-refractivity contribution is -0.126. The SMILES string of the molecule is Cc1ccc(CNC(=O)CN2CC(C)OCC2C)cc1F. The maximum Gasteiger partial charge on any atom is 0.234 e. The number of benzene rings is 1. The van der Waals surface area contributed by atoms with Crippen molar-refractivity contribution in [3.8, 4) is 0 Å². The molecule has 1 aliphatic heterocycles. The van der Waals surface area contributed by atoms with E-state index in [1.54, 1.807) is 13.0 Å². The smallest absolute Gasteiger partial charge is 0.234 e. The second kappa shape index (κ2) is 7.00. The van der Waals surface area contributed by atoms with Gasteiger partial charge in [-0.1, -0.05) is 12.1 Å². The summed E-state index contributed by atoms with van der Waals surface area (Å²) < 4.78 is 19.0. The lowest BCUT2D eigenvalue weighted by atomic mass is 10.1. The summed E-state index contributed by atoms with van der Waals surface area (Å²) in [5.41, 5.74) is 1.39. The summed E-state index contributed by atoms with van der Waals surface area (Å²) in [6.07, 6.45) is 0.153. The molecule has 1 N–H and O–H groups in total. The average Bonchev–Trinajstić information content (AvgIpc) is 2.44. The summed E-state index contributed by atoms with van der Waals surface area (Å²) in [5, 5.41) is 2.84. The van der Waals surface area contributed by atoms with Crippen LogP contribution >= 0.6 is 0 Å². The number of carbonyl (C=O) groups excluding carboxylic acids is 1. The van der Waals surface area contributed by atoms with Crippen molar-refractivity contribution >= 4 is 5.91 Å². The third-order valence-electron chi connectivity index (χ3n) is 3.81. The van der Waals surface area contributed by atoms with Crippen LogP contribution < -0.4 is 5.32 Å². The Hall–Kier alpha value is -1.46. The maximum absolute atomic E-state index is 13.4. The minimum absolute atomic E-state index is 0.0445. The van der Waals surface area contributed by atoms with Gasteiger partial charge in [-0.25, -0.2) is 4.39 Å². The van der Waals surface area contributed by atoms with Crippen LogP contribution in [0.1, 0.15) is 25.0 Å². The topological polar surface area (TPSA) is 41.6 Å². The average molecular weight is 294 g/mol. The number of carbonyl (C=O) groups is 1. The number of nitrogens with one attached hydrogen (secondary N) is 1. The first-order valence-electron chi connectivity index (χ1n) is 7.33. The molecule has 1 aliphatic rings. The van der Waals surface area contributed by atoms with E-state index in [-0.39, 0.29) is 23.9 Å². The molecule has 2 rings (SSSR count). The minimum atomic E-state index is -0.239. The van der Waals surface area contributed by atoms with Crippen LogP contribution in [0.25, 0.3) is 0 Å². The zero-order valence-corrected chi connectivity index (χ0v) is 12.9. The molecule has 116 valence electrons. The van der Waals surface area contributed by atoms with Crippen molar-refractivity contribution in [3.63, 3.8) is 0 Å². The molecule has 5 heteroatoms. The molecular formula is C16H23FN2O2. The highest BCUT2D eigenvalue weighted by atomic mass is 19.1. The van der Waals surface area contributed by atoms with Gasteiger partial charge in [0.1, 0.15) is 5.82 Å². The molecule has 1 aromatic rings. The molecule has 21 heavy (non-hydrogen) atoms. The van der Waals surface area contributed by atoms with E-state index in [0.29, 0.717) is 25.3 Å². The van der Waals surface area contributed by atoms with Gasteiger partial charge in [0.05, 0.1) is 19.3 Å². The largest absolute Gasteiger partial charge is 0.376 e. The Morgan fingerprint density at radius 1 is 1.48 bits per heavy atom. The van der Waals surface area contributed by atoms with E-state index in [1.807, 2.05) is 13.0 Å². The Balaban J connectivity index is 1.82. The van der Waals surface area contributed by atoms with E-state index in [0.717, 1.165) is 12.1 Å². The molecule has 0 aliphatic carbocycles. The fourth-order valence-electron chi connectivity index (χ4n) is 2.38. The van der Waals surface area contributed by atoms with Crippen LogP contribution in [-0.2, 0) is 16.1 Å². The Morgan fingerprint density at radius 3 is 2.95 bits per heavy atom. The number of rotatable bonds is 4. The highest BCUT2D eigenvalue weighted by molar-refractivity contribution is 5.78. The monoisotopic (exact) mass is 294 g/mol. The molecule has 0 saturated carbocycles. The molecular weight excluding hydrogens is 271 g/mol. The Bertz CT molecular complexity index is 507. The molecule has 0 aromatic heterocycles. The van der Waals surface area contributed by atoms with Crippen LogP contribution in [0.3, 0.4) is 0 Å². The van der Waals surface area contributed by atoms with Gasteiger partial charge in [0.25, 0.3) is 0 Å². The van der Waals surface area contributed by atoms with Crippen molar-refractivity contribution in [2.45, 2.75) is 39.5 Å². The fraction of sp³-hybridized carbons (Fsp3) is 0.562. The van der Waals surface area contributed by atoms with Gasteiger partial charge in [0, 0.05) is 19.1 Å². The Labute approximate surface area is 125 Å². The van der Waals surface area contributed by atoms with Crippen LogP contribution in [0.4, 0.5) is 4.39 Å². The summed E-state index contributed by atoms with van der Waals surface area (Å²) in [7, 11) is 0. The number of nitrogens with zero attached hydrogens (tertiary/aromatic N) is 1. The van der Waals surface area contributed by atoms with Crippen molar-refractivity contribution in [1.82, 2.24) is 10.2 Å². The second-order valence-corrected chi connectivity index (χ2v) is 5.78. The van der Waals surface area contributed by atoms with Crippen molar-refractivity contribution < 1.29 is 13.9 Å². The molecule has 1 aromatic carbocycles. The normalized spacial score (nSPS) is 23.0. The molecule has 2 unspecified atom stereocenters. The number of aryl methyl sites for hydroxylation is 1. The predicted octanol–water partition coefficient (Wildman–Crippen LogP) is 1.86. The molecule has 1 heterocycles. The number of halogens is 1. The number of hydrogen-bond acceptors (Lipinski definition) is 3. The summed E-state index contributed by atoms with van der Waals surface area (Å²) >= 11 is 0. The van der Waals surface area contributed by atoms with Gasteiger partial charge in [-0.05, 0) is 38.0 Å². The fourth-order valence-corrected chi connectivity index (χ4v) is 2.38. The van der Waals surface area contributed by atoms with Gasteiger partial charge >= 0.3 is 0 Å². The lowest BCUT2D eigenvalue weighted by Gasteiger charge is -2.36. The molecule has 0 bridgehead atoms. The van der Waals surface area contributed by atoms with E-state index in [2.05, 4.69) is 17.1 Å². The highest BCUT2D eigenvalue weighted by Crippen LogP contribution is 2.11. The van der Waals surface area contributed by atoms with Crippen LogP contribution in [0.5, 0.6) is 0 Å². The van der Waals surface area contributed by atoms with Gasteiger partial charge in [-0.15, -0.1) is 0 Å². The summed E-state index contributed by atoms with van der Waals surface area (Å²) in [4.78, 5) is 14.1. The first-order valence-corrected chi connectivity index (χ1v) is 7.33. The van der Waals surface area contributed by atoms with Crippen molar-refractivity contribution in [1.29, 1.82) is 0 Å². The summed E-state index contributed by atoms with van der Waals surface area (Å²) in [6, 6.07) is 5.26. The Morgan fingerprint density at radius 2 is 2.24 bits per heavy atom. The molecule has 1 fully saturated rings. The zero-order valence-electron chi connectivity index (χ0n) is 12.9. The quantitative estimate of drug-likeness (QED) is 0.921. The number of amides is 1. The van der Waals surface area contributed by atoms with E-state index in [9.17, 15) is 9.18 Å². The number of ether oxygens (including phenoxy) is 1. The lowest BCUT2D eigenvalue weighted by Crippen LogP contribution is -2.50. The number of morpholine rings is 1. The maximum atomic E-state index is 13.4. The second-order valence-electron chi connectivity index (χ2n) is 5.78. The highest BCUT2D eigenvalue weighted by Gasteiger charge is 2.24. The minimum Gasteiger partial charge on any atom is -0.376 e. The number of hydrogen-bond donors (Lipinski definition) is 1. The van der Waals surface area contributed by atoms with Crippen molar-refractivity contribution in [2.75, 3.05) is 19.7 Å². The summed E-state index contributed by atoms with van der Waals surface area (Å²) in [5.74, 6) is -0.283. The first-order chi connectivity index (χ1) is 9.95. The van der Waals surface area contributed by atoms with Crippen molar-refractivity contribution in [2.24, 2.45) is 0 Å². The van der Waals surface area contributed by atoms with Gasteiger partial charge in [-0.3, -0.25) is 9.69 Å². The van der Waals surface area contributed by atoms with E-state index in [1.165, 1.54) is 6.07 Å². The van der Waals surface area contributed by atoms with Crippen LogP contribution in [0.2, 0.25) is 0 Å². The van der Waals surface area contributed by atoms with Crippen LogP contribution in [0.15, 0.2) is 18.2 Å². The van der Waals surface area contributed by atoms with Gasteiger partial charge in [0.15, 0.2) is 0 Å². The van der Waals surface area contributed by atoms with Crippen LogP contribution in [-0.4, -0.2) is 42.6 Å². The molecule has 4 nitrogen and oxygen atoms in total. The molecule has 1 amide bonds. The van der Waals surface area contributed by atoms with Gasteiger partial charge < -0.3 is 10.1 Å². The standard InChI is InChI=1S/C16H23FN2O2/c1-11-4-5-14(6-15(11)17)7-18-16(20)9-19-8-13(3)21-10-12(19)2/h4-6,12-13H,7-10H2,1-3H3,(H,18,20). The van der Waals surface area contributed by atoms with E-state index >= 15 is 0 Å². The molecule has 0 spiro atoms. The van der Waals surface area contributed by atoms with E-state index < -0.39 is 0 Å². The Kier molecular flexibility index (Phi) is 5.31. The molecule has 1 saturated heterocycles. The van der Waals surface area contributed by atoms with Crippen molar-refractivity contribution in [3.05, 3.63) is 35.1 Å². The van der Waals surface area contributed by atoms with E-state index in [4.69, 9.17) is 4.74 Å². The third kappa shape index (κ3) is 4.51. The van der Waals surface area contributed by atoms with Gasteiger partial charge in [0.2, 0.25) is 5.91 Å². The molecule has 2 atom stereocenters. The van der Waals surface area contributed by atoms with Crippen LogP contribution in [0, 0.1) is 12.7 Å². The molecule has 0 radical (unpaired) electrons. The zero-order chi connectivity index (χ0) is 15.4. The first kappa shape index (κ1) is 15.9. The third-order valence-corrected chi connectivity index (χ3v) is 3.81.